The molecule has 0 aliphatic carbocycles. The summed E-state index contributed by atoms with van der Waals surface area (Å²) in [5.41, 5.74) is 3.27. The Morgan fingerprint density at radius 3 is 2.91 bits per heavy atom. The molecule has 4 heteroatoms. The van der Waals surface area contributed by atoms with Crippen molar-refractivity contribution in [1.82, 2.24) is 5.43 Å². The van der Waals surface area contributed by atoms with Crippen LogP contribution in [0, 0.1) is 5.82 Å². The average Bonchev–Trinajstić information content (AvgIpc) is 1.98. The van der Waals surface area contributed by atoms with Crippen molar-refractivity contribution < 1.29 is 4.39 Å². The van der Waals surface area contributed by atoms with Gasteiger partial charge in [0.1, 0.15) is 5.82 Å². The standard InChI is InChI=1S/C7H8BrFN2/c8-7-2-1-6(9)3-5(7)4-11-10/h1-3,11H,4,10H2. The first-order valence-corrected chi connectivity index (χ1v) is 3.90. The van der Waals surface area contributed by atoms with Crippen LogP contribution >= 0.6 is 15.9 Å². The van der Waals surface area contributed by atoms with E-state index in [1.807, 2.05) is 0 Å². The summed E-state index contributed by atoms with van der Waals surface area (Å²) in [5.74, 6) is 4.83. The maximum atomic E-state index is 12.6. The summed E-state index contributed by atoms with van der Waals surface area (Å²) in [6, 6.07) is 4.48. The molecule has 0 radical (unpaired) electrons. The van der Waals surface area contributed by atoms with Crippen LogP contribution in [-0.4, -0.2) is 0 Å². The highest BCUT2D eigenvalue weighted by Gasteiger charge is 1.99. The number of halogens is 2. The number of nitrogens with two attached hydrogens (primary N) is 1. The lowest BCUT2D eigenvalue weighted by Gasteiger charge is -2.02. The lowest BCUT2D eigenvalue weighted by atomic mass is 10.2. The maximum Gasteiger partial charge on any atom is 0.123 e. The molecule has 0 atom stereocenters. The van der Waals surface area contributed by atoms with Crippen LogP contribution in [0.2, 0.25) is 0 Å². The van der Waals surface area contributed by atoms with Crippen molar-refractivity contribution in [3.63, 3.8) is 0 Å². The van der Waals surface area contributed by atoms with E-state index in [0.717, 1.165) is 10.0 Å². The Kier molecular flexibility index (Phi) is 2.99. The first-order valence-electron chi connectivity index (χ1n) is 3.11. The summed E-state index contributed by atoms with van der Waals surface area (Å²) in [4.78, 5) is 0. The van der Waals surface area contributed by atoms with Crippen molar-refractivity contribution in [2.24, 2.45) is 5.84 Å². The Labute approximate surface area is 72.7 Å². The van der Waals surface area contributed by atoms with Gasteiger partial charge in [0.15, 0.2) is 0 Å². The van der Waals surface area contributed by atoms with Gasteiger partial charge < -0.3 is 0 Å². The molecule has 2 nitrogen and oxygen atoms in total. The largest absolute Gasteiger partial charge is 0.271 e. The molecule has 0 aliphatic rings. The van der Waals surface area contributed by atoms with Crippen molar-refractivity contribution in [3.8, 4) is 0 Å². The maximum absolute atomic E-state index is 12.6. The molecule has 0 saturated heterocycles. The van der Waals surface area contributed by atoms with E-state index in [1.54, 1.807) is 6.07 Å². The van der Waals surface area contributed by atoms with E-state index in [9.17, 15) is 4.39 Å². The Bertz CT molecular complexity index is 252. The van der Waals surface area contributed by atoms with Gasteiger partial charge in [-0.15, -0.1) is 0 Å². The van der Waals surface area contributed by atoms with Gasteiger partial charge in [0.25, 0.3) is 0 Å². The average molecular weight is 219 g/mol. The molecule has 60 valence electrons. The minimum atomic E-state index is -0.251. The van der Waals surface area contributed by atoms with Crippen LogP contribution in [0.5, 0.6) is 0 Å². The van der Waals surface area contributed by atoms with E-state index in [-0.39, 0.29) is 5.82 Å². The SMILES string of the molecule is NNCc1cc(F)ccc1Br. The van der Waals surface area contributed by atoms with E-state index >= 15 is 0 Å². The highest BCUT2D eigenvalue weighted by atomic mass is 79.9. The van der Waals surface area contributed by atoms with E-state index in [2.05, 4.69) is 21.4 Å². The zero-order chi connectivity index (χ0) is 8.27. The Morgan fingerprint density at radius 1 is 1.55 bits per heavy atom. The molecule has 0 saturated carbocycles. The Morgan fingerprint density at radius 2 is 2.27 bits per heavy atom. The summed E-state index contributed by atoms with van der Waals surface area (Å²) in [6.45, 7) is 0.457. The summed E-state index contributed by atoms with van der Waals surface area (Å²) in [6.07, 6.45) is 0. The first-order chi connectivity index (χ1) is 5.24. The summed E-state index contributed by atoms with van der Waals surface area (Å²) in [7, 11) is 0. The zero-order valence-electron chi connectivity index (χ0n) is 5.77. The highest BCUT2D eigenvalue weighted by molar-refractivity contribution is 9.10. The van der Waals surface area contributed by atoms with Crippen LogP contribution in [-0.2, 0) is 6.54 Å². The van der Waals surface area contributed by atoms with Crippen molar-refractivity contribution in [2.45, 2.75) is 6.54 Å². The first kappa shape index (κ1) is 8.64. The predicted octanol–water partition coefficient (Wildman–Crippen LogP) is 1.55. The van der Waals surface area contributed by atoms with E-state index in [4.69, 9.17) is 5.84 Å². The number of hydrazine groups is 1. The molecule has 0 heterocycles. The van der Waals surface area contributed by atoms with Gasteiger partial charge in [0.2, 0.25) is 0 Å². The van der Waals surface area contributed by atoms with E-state index in [0.29, 0.717) is 6.54 Å². The van der Waals surface area contributed by atoms with Crippen LogP contribution < -0.4 is 11.3 Å². The van der Waals surface area contributed by atoms with Gasteiger partial charge in [0.05, 0.1) is 0 Å². The van der Waals surface area contributed by atoms with Crippen molar-refractivity contribution in [2.75, 3.05) is 0 Å². The van der Waals surface area contributed by atoms with Crippen LogP contribution in [0.4, 0.5) is 4.39 Å². The van der Waals surface area contributed by atoms with Gasteiger partial charge in [-0.2, -0.15) is 0 Å². The summed E-state index contributed by atoms with van der Waals surface area (Å²) >= 11 is 3.27. The number of benzene rings is 1. The number of hydrogen-bond acceptors (Lipinski definition) is 2. The molecule has 0 unspecified atom stereocenters. The lowest BCUT2D eigenvalue weighted by Crippen LogP contribution is -2.21. The van der Waals surface area contributed by atoms with Crippen molar-refractivity contribution in [1.29, 1.82) is 0 Å². The molecule has 3 N–H and O–H groups in total. The molecule has 0 aromatic heterocycles. The normalized spacial score (nSPS) is 10.1. The lowest BCUT2D eigenvalue weighted by molar-refractivity contribution is 0.621. The Hall–Kier alpha value is -0.450. The minimum Gasteiger partial charge on any atom is -0.271 e. The predicted molar refractivity (Wildman–Crippen MR) is 45.1 cm³/mol. The molecule has 1 aromatic rings. The third-order valence-corrected chi connectivity index (χ3v) is 2.07. The molecule has 0 spiro atoms. The molecular weight excluding hydrogens is 211 g/mol. The van der Waals surface area contributed by atoms with E-state index < -0.39 is 0 Å². The Balaban J connectivity index is 2.93. The number of nitrogens with one attached hydrogen (secondary N) is 1. The molecule has 1 rings (SSSR count). The fourth-order valence-corrected chi connectivity index (χ4v) is 1.18. The van der Waals surface area contributed by atoms with Gasteiger partial charge in [-0.3, -0.25) is 11.3 Å². The van der Waals surface area contributed by atoms with Crippen molar-refractivity contribution in [3.05, 3.63) is 34.1 Å². The quantitative estimate of drug-likeness (QED) is 0.585. The smallest absolute Gasteiger partial charge is 0.123 e. The number of rotatable bonds is 2. The van der Waals surface area contributed by atoms with Crippen LogP contribution in [0.1, 0.15) is 5.56 Å². The van der Waals surface area contributed by atoms with Gasteiger partial charge in [-0.1, -0.05) is 15.9 Å². The summed E-state index contributed by atoms with van der Waals surface area (Å²) in [5, 5.41) is 0. The van der Waals surface area contributed by atoms with Gasteiger partial charge in [-0.25, -0.2) is 4.39 Å². The molecule has 0 amide bonds. The number of hydrogen-bond donors (Lipinski definition) is 2. The van der Waals surface area contributed by atoms with Crippen LogP contribution in [0.25, 0.3) is 0 Å². The monoisotopic (exact) mass is 218 g/mol. The van der Waals surface area contributed by atoms with Crippen molar-refractivity contribution >= 4 is 15.9 Å². The third kappa shape index (κ3) is 2.25. The second-order valence-corrected chi connectivity index (χ2v) is 2.97. The highest BCUT2D eigenvalue weighted by Crippen LogP contribution is 2.16. The molecule has 11 heavy (non-hydrogen) atoms. The van der Waals surface area contributed by atoms with Crippen LogP contribution in [0.15, 0.2) is 22.7 Å². The van der Waals surface area contributed by atoms with Gasteiger partial charge >= 0.3 is 0 Å². The molecule has 0 fully saturated rings. The second kappa shape index (κ2) is 3.80. The second-order valence-electron chi connectivity index (χ2n) is 2.12. The van der Waals surface area contributed by atoms with Gasteiger partial charge in [-0.05, 0) is 23.8 Å². The molecular formula is C7H8BrFN2. The summed E-state index contributed by atoms with van der Waals surface area (Å²) < 4.78 is 13.4. The molecule has 0 bridgehead atoms. The van der Waals surface area contributed by atoms with Gasteiger partial charge in [0, 0.05) is 11.0 Å². The third-order valence-electron chi connectivity index (χ3n) is 1.30. The van der Waals surface area contributed by atoms with E-state index in [1.165, 1.54) is 12.1 Å². The fourth-order valence-electron chi connectivity index (χ4n) is 0.789. The topological polar surface area (TPSA) is 38.0 Å². The fraction of sp³-hybridized carbons (Fsp3) is 0.143. The van der Waals surface area contributed by atoms with Crippen LogP contribution in [0.3, 0.4) is 0 Å². The molecule has 0 aliphatic heterocycles. The molecule has 1 aromatic carbocycles. The zero-order valence-corrected chi connectivity index (χ0v) is 7.36. The minimum absolute atomic E-state index is 0.251.